The Labute approximate surface area is 641 Å². The van der Waals surface area contributed by atoms with E-state index < -0.39 is 23.4 Å². The number of fused-ring (bicyclic) bond motifs is 6. The van der Waals surface area contributed by atoms with Crippen LogP contribution < -0.4 is 9.47 Å². The molecule has 8 heterocycles. The maximum atomic E-state index is 13.5. The summed E-state index contributed by atoms with van der Waals surface area (Å²) in [5, 5.41) is 26.9. The van der Waals surface area contributed by atoms with Gasteiger partial charge in [0.15, 0.2) is 0 Å². The molecule has 0 aliphatic heterocycles. The molecule has 560 valence electrons. The summed E-state index contributed by atoms with van der Waals surface area (Å²) >= 11 is 0. The van der Waals surface area contributed by atoms with Crippen LogP contribution in [0.15, 0.2) is 195 Å². The maximum absolute atomic E-state index is 13.5. The van der Waals surface area contributed by atoms with E-state index >= 15 is 0 Å². The number of nitrogens with one attached hydrogen (secondary N) is 2. The minimum Gasteiger partial charge on any atom is -0.507 e. The number of aromatic amines is 2. The van der Waals surface area contributed by atoms with Crippen LogP contribution in [0.1, 0.15) is 147 Å². The number of carbonyl (C=O) groups excluding carboxylic acids is 2. The maximum Gasteiger partial charge on any atom is 0.418 e. The molecular weight excluding hydrogens is 1380 g/mol. The number of nitrogens with zero attached hydrogens (tertiary/aromatic N) is 6. The van der Waals surface area contributed by atoms with Crippen molar-refractivity contribution >= 4 is 65.7 Å². The summed E-state index contributed by atoms with van der Waals surface area (Å²) in [4.78, 5) is 54.5. The number of aromatic nitrogens is 8. The van der Waals surface area contributed by atoms with Gasteiger partial charge < -0.3 is 39.1 Å². The van der Waals surface area contributed by atoms with Gasteiger partial charge >= 0.3 is 12.2 Å². The van der Waals surface area contributed by atoms with E-state index in [1.165, 1.54) is 9.13 Å². The normalized spacial score (nSPS) is 12.3. The number of rotatable bonds is 10. The summed E-state index contributed by atoms with van der Waals surface area (Å²) in [6.07, 6.45) is 6.19. The second kappa shape index (κ2) is 29.0. The van der Waals surface area contributed by atoms with Gasteiger partial charge in [0.05, 0.1) is 70.4 Å². The number of hydrogen-bond donors (Lipinski definition) is 4. The first-order valence-electron chi connectivity index (χ1n) is 36.6. The predicted molar refractivity (Wildman–Crippen MR) is 448 cm³/mol. The minimum absolute atomic E-state index is 0. The number of aromatic hydroxyl groups is 2. The molecule has 0 aliphatic rings. The van der Waals surface area contributed by atoms with Crippen molar-refractivity contribution in [1.29, 1.82) is 0 Å². The largest absolute Gasteiger partial charge is 0.507 e. The average molecular weight is 1480 g/mol. The van der Waals surface area contributed by atoms with Crippen molar-refractivity contribution in [2.45, 2.75) is 157 Å². The molecule has 14 aromatic rings. The van der Waals surface area contributed by atoms with Crippen LogP contribution in [0.4, 0.5) is 9.59 Å². The summed E-state index contributed by atoms with van der Waals surface area (Å²) in [5.41, 5.74) is 16.5. The van der Waals surface area contributed by atoms with Crippen LogP contribution in [0, 0.1) is 0 Å². The molecule has 0 aliphatic carbocycles. The van der Waals surface area contributed by atoms with Crippen molar-refractivity contribution in [2.75, 3.05) is 14.2 Å². The molecule has 0 saturated carbocycles. The quantitative estimate of drug-likeness (QED) is 0.0746. The molecule has 16 nitrogen and oxygen atoms in total. The second-order valence-electron chi connectivity index (χ2n) is 33.9. The highest BCUT2D eigenvalue weighted by molar-refractivity contribution is 6.92. The highest BCUT2D eigenvalue weighted by atomic mass is 31.0. The molecule has 0 bridgehead atoms. The summed E-state index contributed by atoms with van der Waals surface area (Å²) < 4.78 is 27.1. The Balaban J connectivity index is 0.000000210. The standard InChI is InChI=1S/C52H58N4O6.C40H38N4O2.H3P/c1-49(2,3)33-27-35(45(59-13)37(29-33)41-17-15-25-55(41)47(57)61-51(7,8)9)39-23-21-31-19-20-32-22-24-40(54-44(32)43(31)53-39)36-28-34(50(4,5)6)30-38(46(36)60-14)42-18-16-26-56(42)48(58)62-52(10,11)12;1-39(2,3)25-19-27(31-9-7-17-41-31)37(45)29(21-25)33-15-13-23-11-12-24-14-16-34(44-36(24)35(23)43-33)30-22-26(40(4,5)6)20-28(38(30)46)32-10-8-18-42-32;/h15-30H,1-14H3;7-22,41-42,45-46H,1-6H3;1H3. The van der Waals surface area contributed by atoms with Crippen LogP contribution in [-0.2, 0) is 31.1 Å². The van der Waals surface area contributed by atoms with E-state index in [1.807, 2.05) is 163 Å². The first-order chi connectivity index (χ1) is 50.8. The summed E-state index contributed by atoms with van der Waals surface area (Å²) in [5.74, 6) is 1.51. The summed E-state index contributed by atoms with van der Waals surface area (Å²) in [6.45, 7) is 37.1. The number of ether oxygens (including phenoxy) is 4. The molecule has 1 atom stereocenters. The molecule has 0 saturated heterocycles. The van der Waals surface area contributed by atoms with E-state index in [4.69, 9.17) is 38.9 Å². The van der Waals surface area contributed by atoms with E-state index in [-0.39, 0.29) is 43.1 Å². The van der Waals surface area contributed by atoms with Gasteiger partial charge in [-0.1, -0.05) is 132 Å². The number of carbonyl (C=O) groups is 2. The summed E-state index contributed by atoms with van der Waals surface area (Å²) in [6, 6.07) is 56.1. The van der Waals surface area contributed by atoms with Gasteiger partial charge in [0.2, 0.25) is 0 Å². The number of benzene rings is 6. The van der Waals surface area contributed by atoms with E-state index in [0.717, 1.165) is 99.6 Å². The molecule has 4 N–H and O–H groups in total. The smallest absolute Gasteiger partial charge is 0.418 e. The SMILES string of the molecule is CC(C)(C)c1cc(-c2ccc3ccc4ccc(-c5cc(C(C)(C)C)cc(-c6ccc[nH]6)c5O)nc4c3n2)c(O)c(-c2ccc[nH]2)c1.COc1c(-c2ccc3ccc4ccc(-c5cc(C(C)(C)C)cc(-c6cccn6C(=O)OC(C)(C)C)c5OC)nc4c3n2)cc(C(C)(C)C)cc1-c1cccn1C(=O)OC(C)(C)C.P. The average Bonchev–Trinajstić information content (AvgIpc) is 1.46. The van der Waals surface area contributed by atoms with E-state index in [1.54, 1.807) is 26.6 Å². The number of phenolic OH excluding ortho intramolecular Hbond substituents is 2. The van der Waals surface area contributed by atoms with E-state index in [9.17, 15) is 19.8 Å². The van der Waals surface area contributed by atoms with E-state index in [2.05, 4.69) is 154 Å². The summed E-state index contributed by atoms with van der Waals surface area (Å²) in [7, 11) is 3.28. The number of hydrogen-bond acceptors (Lipinski definition) is 12. The molecule has 6 aromatic carbocycles. The first-order valence-corrected chi connectivity index (χ1v) is 36.6. The highest BCUT2D eigenvalue weighted by Crippen LogP contribution is 2.48. The van der Waals surface area contributed by atoms with Gasteiger partial charge in [-0.25, -0.2) is 29.5 Å². The number of methoxy groups -OCH3 is 2. The lowest BCUT2D eigenvalue weighted by atomic mass is 9.83. The molecule has 8 aromatic heterocycles. The van der Waals surface area contributed by atoms with Crippen LogP contribution >= 0.6 is 9.90 Å². The Bertz CT molecular complexity index is 5450. The molecule has 0 spiro atoms. The van der Waals surface area contributed by atoms with Crippen molar-refractivity contribution in [3.05, 3.63) is 217 Å². The van der Waals surface area contributed by atoms with Crippen LogP contribution in [0.25, 0.3) is 134 Å². The van der Waals surface area contributed by atoms with Gasteiger partial charge in [-0.3, -0.25) is 9.13 Å². The van der Waals surface area contributed by atoms with Crippen molar-refractivity contribution in [1.82, 2.24) is 39.0 Å². The lowest BCUT2D eigenvalue weighted by molar-refractivity contribution is 0.0528. The fourth-order valence-corrected chi connectivity index (χ4v) is 13.5. The van der Waals surface area contributed by atoms with Crippen LogP contribution in [-0.4, -0.2) is 86.9 Å². The highest BCUT2D eigenvalue weighted by Gasteiger charge is 2.31. The third kappa shape index (κ3) is 15.7. The zero-order valence-electron chi connectivity index (χ0n) is 66.2. The Hall–Kier alpha value is -11.4. The minimum atomic E-state index is -0.677. The first kappa shape index (κ1) is 77.3. The van der Waals surface area contributed by atoms with Crippen molar-refractivity contribution < 1.29 is 38.7 Å². The topological polar surface area (TPSA) is 205 Å². The zero-order valence-corrected chi connectivity index (χ0v) is 67.6. The molecule has 17 heteroatoms. The van der Waals surface area contributed by atoms with Crippen LogP contribution in [0.3, 0.4) is 0 Å². The Morgan fingerprint density at radius 2 is 0.615 bits per heavy atom. The third-order valence-electron chi connectivity index (χ3n) is 19.4. The molecule has 109 heavy (non-hydrogen) atoms. The number of H-pyrrole nitrogens is 2. The number of pyridine rings is 4. The van der Waals surface area contributed by atoms with Crippen molar-refractivity contribution in [3.63, 3.8) is 0 Å². The zero-order chi connectivity index (χ0) is 77.5. The van der Waals surface area contributed by atoms with Crippen LogP contribution in [0.5, 0.6) is 23.0 Å². The van der Waals surface area contributed by atoms with Crippen LogP contribution in [0.2, 0.25) is 0 Å². The van der Waals surface area contributed by atoms with Crippen molar-refractivity contribution in [2.24, 2.45) is 0 Å². The van der Waals surface area contributed by atoms with Gasteiger partial charge in [0.1, 0.15) is 34.2 Å². The van der Waals surface area contributed by atoms with Gasteiger partial charge in [0, 0.05) is 102 Å². The molecule has 0 radical (unpaired) electrons. The van der Waals surface area contributed by atoms with Gasteiger partial charge in [-0.15, -0.1) is 0 Å². The van der Waals surface area contributed by atoms with Gasteiger partial charge in [-0.05, 0) is 207 Å². The van der Waals surface area contributed by atoms with Gasteiger partial charge in [-0.2, -0.15) is 9.90 Å². The Morgan fingerprint density at radius 1 is 0.349 bits per heavy atom. The molecule has 0 amide bonds. The van der Waals surface area contributed by atoms with Crippen molar-refractivity contribution in [3.8, 4) is 113 Å². The number of phenols is 2. The molecular formula is C92H99N8O8P. The van der Waals surface area contributed by atoms with Gasteiger partial charge in [0.25, 0.3) is 0 Å². The lowest BCUT2D eigenvalue weighted by Crippen LogP contribution is -2.27. The Morgan fingerprint density at radius 3 is 0.881 bits per heavy atom. The molecule has 14 rings (SSSR count). The fraction of sp³-hybridized carbons (Fsp3) is 0.283. The lowest BCUT2D eigenvalue weighted by Gasteiger charge is -2.25. The predicted octanol–water partition coefficient (Wildman–Crippen LogP) is 23.4. The monoisotopic (exact) mass is 1470 g/mol. The van der Waals surface area contributed by atoms with E-state index in [0.29, 0.717) is 67.8 Å². The second-order valence-corrected chi connectivity index (χ2v) is 33.9. The third-order valence-corrected chi connectivity index (χ3v) is 19.4. The molecule has 0 fully saturated rings. The Kier molecular flexibility index (Phi) is 20.6. The molecule has 1 unspecified atom stereocenters. The fourth-order valence-electron chi connectivity index (χ4n) is 13.5.